The summed E-state index contributed by atoms with van der Waals surface area (Å²) in [4.78, 5) is 12.0. The van der Waals surface area contributed by atoms with Crippen molar-refractivity contribution in [2.24, 2.45) is 5.92 Å². The van der Waals surface area contributed by atoms with Gasteiger partial charge in [-0.25, -0.2) is 0 Å². The third kappa shape index (κ3) is 3.48. The minimum Gasteiger partial charge on any atom is -0.385 e. The van der Waals surface area contributed by atoms with Gasteiger partial charge in [-0.2, -0.15) is 0 Å². The molecule has 1 aromatic carbocycles. The Morgan fingerprint density at radius 1 is 1.38 bits per heavy atom. The Hall–Kier alpha value is -0.570. The van der Waals surface area contributed by atoms with Crippen LogP contribution >= 0.6 is 23.2 Å². The second-order valence-electron chi connectivity index (χ2n) is 3.68. The van der Waals surface area contributed by atoms with Gasteiger partial charge >= 0.3 is 0 Å². The Balaban J connectivity index is 2.76. The first kappa shape index (κ1) is 13.5. The zero-order valence-corrected chi connectivity index (χ0v) is 10.8. The van der Waals surface area contributed by atoms with Gasteiger partial charge in [0.1, 0.15) is 0 Å². The monoisotopic (exact) mass is 260 g/mol. The molecule has 0 saturated carbocycles. The number of methoxy groups -OCH3 is 1. The molecule has 0 bridgehead atoms. The normalized spacial score (nSPS) is 12.5. The van der Waals surface area contributed by atoms with E-state index in [1.54, 1.807) is 25.3 Å². The number of benzene rings is 1. The van der Waals surface area contributed by atoms with Crippen molar-refractivity contribution >= 4 is 29.0 Å². The third-order valence-corrected chi connectivity index (χ3v) is 3.15. The summed E-state index contributed by atoms with van der Waals surface area (Å²) < 4.78 is 4.94. The molecule has 0 spiro atoms. The van der Waals surface area contributed by atoms with Gasteiger partial charge in [0.25, 0.3) is 0 Å². The second kappa shape index (κ2) is 6.24. The molecule has 1 unspecified atom stereocenters. The summed E-state index contributed by atoms with van der Waals surface area (Å²) in [6.07, 6.45) is 0.704. The number of halogens is 2. The lowest BCUT2D eigenvalue weighted by Gasteiger charge is -2.10. The molecule has 0 radical (unpaired) electrons. The molecule has 2 nitrogen and oxygen atoms in total. The predicted octanol–water partition coefficient (Wildman–Crippen LogP) is 3.85. The Kier molecular flexibility index (Phi) is 5.26. The summed E-state index contributed by atoms with van der Waals surface area (Å²) in [7, 11) is 1.62. The summed E-state index contributed by atoms with van der Waals surface area (Å²) in [6, 6.07) is 4.94. The number of Topliss-reactive ketones (excluding diaryl/α,β-unsaturated/α-hetero) is 1. The van der Waals surface area contributed by atoms with Crippen molar-refractivity contribution in [1.29, 1.82) is 0 Å². The summed E-state index contributed by atoms with van der Waals surface area (Å²) in [5.41, 5.74) is 0.595. The smallest absolute Gasteiger partial charge is 0.165 e. The minimum absolute atomic E-state index is 0.0654. The van der Waals surface area contributed by atoms with E-state index in [0.29, 0.717) is 28.6 Å². The average Bonchev–Trinajstić information content (AvgIpc) is 2.28. The van der Waals surface area contributed by atoms with Crippen molar-refractivity contribution in [2.75, 3.05) is 13.7 Å². The fraction of sp³-hybridized carbons (Fsp3) is 0.417. The van der Waals surface area contributed by atoms with Crippen molar-refractivity contribution < 1.29 is 9.53 Å². The quantitative estimate of drug-likeness (QED) is 0.752. The average molecular weight is 261 g/mol. The van der Waals surface area contributed by atoms with Crippen LogP contribution in [-0.2, 0) is 4.74 Å². The van der Waals surface area contributed by atoms with E-state index in [4.69, 9.17) is 27.9 Å². The molecule has 0 amide bonds. The van der Waals surface area contributed by atoms with E-state index >= 15 is 0 Å². The van der Waals surface area contributed by atoms with Crippen LogP contribution in [-0.4, -0.2) is 19.5 Å². The van der Waals surface area contributed by atoms with Crippen molar-refractivity contribution in [3.05, 3.63) is 33.8 Å². The fourth-order valence-corrected chi connectivity index (χ4v) is 1.66. The zero-order chi connectivity index (χ0) is 12.1. The molecule has 0 aliphatic rings. The molecule has 1 aromatic rings. The molecule has 0 N–H and O–H groups in total. The highest BCUT2D eigenvalue weighted by molar-refractivity contribution is 6.42. The Labute approximate surface area is 106 Å². The van der Waals surface area contributed by atoms with Crippen LogP contribution in [0.25, 0.3) is 0 Å². The van der Waals surface area contributed by atoms with Crippen LogP contribution in [0.2, 0.25) is 10.0 Å². The van der Waals surface area contributed by atoms with Gasteiger partial charge in [0.15, 0.2) is 5.78 Å². The largest absolute Gasteiger partial charge is 0.385 e. The van der Waals surface area contributed by atoms with Gasteiger partial charge in [-0.15, -0.1) is 0 Å². The number of rotatable bonds is 5. The summed E-state index contributed by atoms with van der Waals surface area (Å²) in [5, 5.41) is 0.870. The summed E-state index contributed by atoms with van der Waals surface area (Å²) in [5.74, 6) is -0.00666. The van der Waals surface area contributed by atoms with Gasteiger partial charge in [0.05, 0.1) is 10.0 Å². The number of carbonyl (C=O) groups excluding carboxylic acids is 1. The van der Waals surface area contributed by atoms with Crippen LogP contribution in [0.1, 0.15) is 23.7 Å². The molecular formula is C12H14Cl2O2. The molecule has 1 rings (SSSR count). The van der Waals surface area contributed by atoms with Crippen LogP contribution in [0.4, 0.5) is 0 Å². The number of ether oxygens (including phenoxy) is 1. The number of hydrogen-bond acceptors (Lipinski definition) is 2. The van der Waals surface area contributed by atoms with Crippen molar-refractivity contribution in [3.8, 4) is 0 Å². The predicted molar refractivity (Wildman–Crippen MR) is 66.4 cm³/mol. The highest BCUT2D eigenvalue weighted by atomic mass is 35.5. The zero-order valence-electron chi connectivity index (χ0n) is 9.30. The van der Waals surface area contributed by atoms with E-state index in [-0.39, 0.29) is 11.7 Å². The first-order valence-electron chi connectivity index (χ1n) is 5.04. The maximum Gasteiger partial charge on any atom is 0.165 e. The highest BCUT2D eigenvalue weighted by Gasteiger charge is 2.15. The Bertz CT molecular complexity index is 377. The lowest BCUT2D eigenvalue weighted by atomic mass is 9.97. The van der Waals surface area contributed by atoms with Gasteiger partial charge < -0.3 is 4.74 Å². The molecule has 1 atom stereocenters. The van der Waals surface area contributed by atoms with Crippen molar-refractivity contribution in [2.45, 2.75) is 13.3 Å². The Morgan fingerprint density at radius 2 is 2.06 bits per heavy atom. The second-order valence-corrected chi connectivity index (χ2v) is 4.49. The van der Waals surface area contributed by atoms with Crippen molar-refractivity contribution in [3.63, 3.8) is 0 Å². The topological polar surface area (TPSA) is 26.3 Å². The number of ketones is 1. The molecule has 0 aliphatic carbocycles. The molecular weight excluding hydrogens is 247 g/mol. The number of carbonyl (C=O) groups is 1. The summed E-state index contributed by atoms with van der Waals surface area (Å²) in [6.45, 7) is 2.46. The lowest BCUT2D eigenvalue weighted by Crippen LogP contribution is -2.13. The van der Waals surface area contributed by atoms with Crippen LogP contribution in [0.5, 0.6) is 0 Å². The van der Waals surface area contributed by atoms with E-state index in [2.05, 4.69) is 0 Å². The molecule has 0 aromatic heterocycles. The van der Waals surface area contributed by atoms with E-state index in [9.17, 15) is 4.79 Å². The lowest BCUT2D eigenvalue weighted by molar-refractivity contribution is 0.0894. The van der Waals surface area contributed by atoms with E-state index in [1.165, 1.54) is 0 Å². The molecule has 16 heavy (non-hydrogen) atoms. The first-order valence-corrected chi connectivity index (χ1v) is 5.80. The summed E-state index contributed by atoms with van der Waals surface area (Å²) >= 11 is 11.6. The molecule has 0 heterocycles. The van der Waals surface area contributed by atoms with Crippen LogP contribution in [0.15, 0.2) is 18.2 Å². The third-order valence-electron chi connectivity index (χ3n) is 2.41. The molecule has 88 valence electrons. The van der Waals surface area contributed by atoms with E-state index < -0.39 is 0 Å². The highest BCUT2D eigenvalue weighted by Crippen LogP contribution is 2.24. The van der Waals surface area contributed by atoms with Gasteiger partial charge in [-0.05, 0) is 24.6 Å². The van der Waals surface area contributed by atoms with Gasteiger partial charge in [0.2, 0.25) is 0 Å². The maximum absolute atomic E-state index is 12.0. The molecule has 0 aliphatic heterocycles. The van der Waals surface area contributed by atoms with Gasteiger partial charge in [-0.3, -0.25) is 4.79 Å². The molecule has 0 fully saturated rings. The van der Waals surface area contributed by atoms with Crippen LogP contribution < -0.4 is 0 Å². The van der Waals surface area contributed by atoms with E-state index in [0.717, 1.165) is 0 Å². The first-order chi connectivity index (χ1) is 7.56. The SMILES string of the molecule is COCCC(C)C(=O)c1ccc(Cl)c(Cl)c1. The number of hydrogen-bond donors (Lipinski definition) is 0. The van der Waals surface area contributed by atoms with Crippen LogP contribution in [0.3, 0.4) is 0 Å². The maximum atomic E-state index is 12.0. The Morgan fingerprint density at radius 3 is 2.62 bits per heavy atom. The van der Waals surface area contributed by atoms with Gasteiger partial charge in [-0.1, -0.05) is 30.1 Å². The van der Waals surface area contributed by atoms with E-state index in [1.807, 2.05) is 6.92 Å². The standard InChI is InChI=1S/C12H14Cl2O2/c1-8(5-6-16-2)12(15)9-3-4-10(13)11(14)7-9/h3-4,7-8H,5-6H2,1-2H3. The van der Waals surface area contributed by atoms with Crippen molar-refractivity contribution in [1.82, 2.24) is 0 Å². The minimum atomic E-state index is -0.0720. The molecule has 0 saturated heterocycles. The van der Waals surface area contributed by atoms with Gasteiger partial charge in [0, 0.05) is 25.2 Å². The van der Waals surface area contributed by atoms with Crippen LogP contribution in [0, 0.1) is 5.92 Å². The fourth-order valence-electron chi connectivity index (χ4n) is 1.36. The molecule has 4 heteroatoms.